The number of amides is 2. The van der Waals surface area contributed by atoms with Gasteiger partial charge >= 0.3 is 12.0 Å². The molecule has 2 N–H and O–H groups in total. The van der Waals surface area contributed by atoms with Crippen molar-refractivity contribution < 1.29 is 33.3 Å². The summed E-state index contributed by atoms with van der Waals surface area (Å²) in [4.78, 5) is 25.4. The molecule has 0 aliphatic rings. The van der Waals surface area contributed by atoms with Crippen LogP contribution in [0, 0.1) is 5.82 Å². The lowest BCUT2D eigenvalue weighted by molar-refractivity contribution is -0.137. The lowest BCUT2D eigenvalue weighted by Gasteiger charge is -2.24. The van der Waals surface area contributed by atoms with E-state index in [0.717, 1.165) is 19.3 Å². The Morgan fingerprint density at radius 1 is 1.03 bits per heavy atom. The molecular formula is C24H31FN2O6. The Hall–Kier alpha value is -3.49. The summed E-state index contributed by atoms with van der Waals surface area (Å²) in [6.45, 7) is 2.52. The largest absolute Gasteiger partial charge is 0.496 e. The van der Waals surface area contributed by atoms with E-state index in [-0.39, 0.29) is 19.5 Å². The van der Waals surface area contributed by atoms with E-state index in [1.54, 1.807) is 18.2 Å². The van der Waals surface area contributed by atoms with Gasteiger partial charge in [-0.05, 0) is 36.8 Å². The minimum Gasteiger partial charge on any atom is -0.496 e. The molecule has 33 heavy (non-hydrogen) atoms. The summed E-state index contributed by atoms with van der Waals surface area (Å²) in [6, 6.07) is 8.43. The van der Waals surface area contributed by atoms with Crippen molar-refractivity contribution in [3.8, 4) is 17.2 Å². The maximum absolute atomic E-state index is 13.8. The second-order valence-electron chi connectivity index (χ2n) is 7.37. The van der Waals surface area contributed by atoms with Crippen molar-refractivity contribution in [2.75, 3.05) is 32.7 Å². The van der Waals surface area contributed by atoms with E-state index >= 15 is 0 Å². The molecule has 0 radical (unpaired) electrons. The molecular weight excluding hydrogens is 431 g/mol. The topological polar surface area (TPSA) is 97.3 Å². The van der Waals surface area contributed by atoms with Crippen LogP contribution >= 0.6 is 0 Å². The number of carbonyl (C=O) groups is 2. The summed E-state index contributed by atoms with van der Waals surface area (Å²) in [5, 5.41) is 11.8. The first-order valence-electron chi connectivity index (χ1n) is 10.8. The minimum atomic E-state index is -1.05. The number of hydrogen-bond acceptors (Lipinski definition) is 5. The second-order valence-corrected chi connectivity index (χ2v) is 7.37. The normalized spacial score (nSPS) is 10.4. The minimum absolute atomic E-state index is 0.0312. The van der Waals surface area contributed by atoms with E-state index < -0.39 is 17.8 Å². The Morgan fingerprint density at radius 3 is 2.42 bits per heavy atom. The van der Waals surface area contributed by atoms with Gasteiger partial charge in [0.25, 0.3) is 0 Å². The SMILES string of the molecule is CCCCCOc1cc(NC(=O)N(CCC(=O)O)Cc2cc(F)ccc2OC)ccc1OC. The number of anilines is 1. The van der Waals surface area contributed by atoms with Gasteiger partial charge in [-0.3, -0.25) is 4.79 Å². The fourth-order valence-electron chi connectivity index (χ4n) is 3.16. The van der Waals surface area contributed by atoms with Gasteiger partial charge in [0.05, 0.1) is 33.8 Å². The highest BCUT2D eigenvalue weighted by atomic mass is 19.1. The third-order valence-electron chi connectivity index (χ3n) is 4.91. The predicted molar refractivity (Wildman–Crippen MR) is 123 cm³/mol. The molecule has 0 saturated carbocycles. The van der Waals surface area contributed by atoms with Crippen LogP contribution in [0.1, 0.15) is 38.2 Å². The van der Waals surface area contributed by atoms with Crippen molar-refractivity contribution in [2.45, 2.75) is 39.2 Å². The predicted octanol–water partition coefficient (Wildman–Crippen LogP) is 4.92. The van der Waals surface area contributed by atoms with Crippen molar-refractivity contribution in [1.82, 2.24) is 4.90 Å². The number of hydrogen-bond donors (Lipinski definition) is 2. The van der Waals surface area contributed by atoms with Crippen LogP contribution in [0.25, 0.3) is 0 Å². The summed E-state index contributed by atoms with van der Waals surface area (Å²) in [5.74, 6) is -0.0978. The molecule has 0 spiro atoms. The first kappa shape index (κ1) is 25.8. The van der Waals surface area contributed by atoms with Crippen molar-refractivity contribution in [3.63, 3.8) is 0 Å². The molecule has 0 fully saturated rings. The number of rotatable bonds is 13. The Bertz CT molecular complexity index is 937. The van der Waals surface area contributed by atoms with Crippen LogP contribution < -0.4 is 19.5 Å². The van der Waals surface area contributed by atoms with Crippen LogP contribution in [0.2, 0.25) is 0 Å². The number of halogens is 1. The van der Waals surface area contributed by atoms with E-state index in [2.05, 4.69) is 12.2 Å². The van der Waals surface area contributed by atoms with Crippen LogP contribution in [0.15, 0.2) is 36.4 Å². The van der Waals surface area contributed by atoms with Gasteiger partial charge in [0.1, 0.15) is 11.6 Å². The lowest BCUT2D eigenvalue weighted by atomic mass is 10.1. The van der Waals surface area contributed by atoms with Gasteiger partial charge in [-0.25, -0.2) is 9.18 Å². The molecule has 8 nitrogen and oxygen atoms in total. The maximum Gasteiger partial charge on any atom is 0.322 e. The molecule has 2 rings (SSSR count). The Morgan fingerprint density at radius 2 is 1.76 bits per heavy atom. The highest BCUT2D eigenvalue weighted by Crippen LogP contribution is 2.31. The van der Waals surface area contributed by atoms with Crippen molar-refractivity contribution in [1.29, 1.82) is 0 Å². The molecule has 0 saturated heterocycles. The number of carboxylic acid groups (broad SMARTS) is 1. The standard InChI is InChI=1S/C24H31FN2O6/c1-4-5-6-13-33-22-15-19(8-10-21(22)32-3)26-24(30)27(12-11-23(28)29)16-17-14-18(25)7-9-20(17)31-2/h7-10,14-15H,4-6,11-13,16H2,1-3H3,(H,26,30)(H,28,29). The number of aliphatic carboxylic acids is 1. The zero-order valence-corrected chi connectivity index (χ0v) is 19.2. The summed E-state index contributed by atoms with van der Waals surface area (Å²) in [5.41, 5.74) is 0.880. The van der Waals surface area contributed by atoms with Gasteiger partial charge in [0, 0.05) is 23.9 Å². The van der Waals surface area contributed by atoms with Crippen LogP contribution in [0.3, 0.4) is 0 Å². The zero-order valence-electron chi connectivity index (χ0n) is 19.2. The third-order valence-corrected chi connectivity index (χ3v) is 4.91. The van der Waals surface area contributed by atoms with Gasteiger partial charge in [-0.15, -0.1) is 0 Å². The van der Waals surface area contributed by atoms with Gasteiger partial charge in [0.15, 0.2) is 11.5 Å². The molecule has 0 bridgehead atoms. The molecule has 0 aliphatic heterocycles. The molecule has 0 atom stereocenters. The number of urea groups is 1. The highest BCUT2D eigenvalue weighted by molar-refractivity contribution is 5.90. The van der Waals surface area contributed by atoms with Crippen LogP contribution in [-0.4, -0.2) is 49.4 Å². The average Bonchev–Trinajstić information content (AvgIpc) is 2.79. The fourth-order valence-corrected chi connectivity index (χ4v) is 3.16. The summed E-state index contributed by atoms with van der Waals surface area (Å²) in [7, 11) is 2.98. The third kappa shape index (κ3) is 8.17. The van der Waals surface area contributed by atoms with Crippen LogP contribution in [-0.2, 0) is 11.3 Å². The number of benzene rings is 2. The molecule has 0 unspecified atom stereocenters. The van der Waals surface area contributed by atoms with Gasteiger partial charge < -0.3 is 29.5 Å². The van der Waals surface area contributed by atoms with Gasteiger partial charge in [-0.1, -0.05) is 19.8 Å². The quantitative estimate of drug-likeness (QED) is 0.410. The first-order chi connectivity index (χ1) is 15.9. The molecule has 0 aromatic heterocycles. The Labute approximate surface area is 193 Å². The molecule has 9 heteroatoms. The van der Waals surface area contributed by atoms with E-state index in [4.69, 9.17) is 19.3 Å². The second kappa shape index (κ2) is 13.1. The smallest absolute Gasteiger partial charge is 0.322 e. The van der Waals surface area contributed by atoms with E-state index in [0.29, 0.717) is 35.1 Å². The van der Waals surface area contributed by atoms with E-state index in [1.807, 2.05) is 0 Å². The highest BCUT2D eigenvalue weighted by Gasteiger charge is 2.19. The number of nitrogens with zero attached hydrogens (tertiary/aromatic N) is 1. The molecule has 0 heterocycles. The van der Waals surface area contributed by atoms with Gasteiger partial charge in [0.2, 0.25) is 0 Å². The number of carbonyl (C=O) groups excluding carboxylic acids is 1. The Balaban J connectivity index is 2.19. The molecule has 2 aromatic carbocycles. The summed E-state index contributed by atoms with van der Waals surface area (Å²) >= 11 is 0. The molecule has 2 amide bonds. The number of carboxylic acids is 1. The zero-order chi connectivity index (χ0) is 24.2. The number of methoxy groups -OCH3 is 2. The van der Waals surface area contributed by atoms with Crippen molar-refractivity contribution >= 4 is 17.7 Å². The summed E-state index contributed by atoms with van der Waals surface area (Å²) in [6.07, 6.45) is 2.74. The fraction of sp³-hybridized carbons (Fsp3) is 0.417. The van der Waals surface area contributed by atoms with Crippen molar-refractivity contribution in [2.24, 2.45) is 0 Å². The molecule has 0 aliphatic carbocycles. The summed E-state index contributed by atoms with van der Waals surface area (Å²) < 4.78 is 30.1. The van der Waals surface area contributed by atoms with E-state index in [1.165, 1.54) is 37.3 Å². The van der Waals surface area contributed by atoms with Gasteiger partial charge in [-0.2, -0.15) is 0 Å². The van der Waals surface area contributed by atoms with Crippen LogP contribution in [0.4, 0.5) is 14.9 Å². The lowest BCUT2D eigenvalue weighted by Crippen LogP contribution is -2.36. The van der Waals surface area contributed by atoms with Crippen molar-refractivity contribution in [3.05, 3.63) is 47.8 Å². The Kier molecular flexibility index (Phi) is 10.3. The number of ether oxygens (including phenoxy) is 3. The average molecular weight is 463 g/mol. The van der Waals surface area contributed by atoms with E-state index in [9.17, 15) is 14.0 Å². The molecule has 180 valence electrons. The number of nitrogens with one attached hydrogen (secondary N) is 1. The maximum atomic E-state index is 13.8. The monoisotopic (exact) mass is 462 g/mol. The molecule has 2 aromatic rings. The number of unbranched alkanes of at least 4 members (excludes halogenated alkanes) is 2. The first-order valence-corrected chi connectivity index (χ1v) is 10.8. The van der Waals surface area contributed by atoms with Crippen LogP contribution in [0.5, 0.6) is 17.2 Å².